The van der Waals surface area contributed by atoms with E-state index in [4.69, 9.17) is 4.74 Å². The fraction of sp³-hybridized carbons (Fsp3) is 0.600. The van der Waals surface area contributed by atoms with E-state index in [1.165, 1.54) is 0 Å². The lowest BCUT2D eigenvalue weighted by Crippen LogP contribution is -2.44. The molecule has 208 valence electrons. The van der Waals surface area contributed by atoms with Crippen molar-refractivity contribution in [2.45, 2.75) is 32.4 Å². The number of halogens is 3. The molecule has 0 saturated carbocycles. The van der Waals surface area contributed by atoms with Gasteiger partial charge in [-0.3, -0.25) is 4.79 Å². The van der Waals surface area contributed by atoms with E-state index in [-0.39, 0.29) is 30.8 Å². The van der Waals surface area contributed by atoms with E-state index in [1.54, 1.807) is 11.1 Å². The van der Waals surface area contributed by atoms with E-state index in [9.17, 15) is 18.0 Å². The summed E-state index contributed by atoms with van der Waals surface area (Å²) in [6.07, 6.45) is -0.235. The zero-order valence-corrected chi connectivity index (χ0v) is 21.9. The monoisotopic (exact) mass is 536 g/mol. The number of carbonyl (C=O) groups is 1. The Morgan fingerprint density at radius 1 is 1.11 bits per heavy atom. The van der Waals surface area contributed by atoms with Gasteiger partial charge in [-0.15, -0.1) is 0 Å². The zero-order valence-electron chi connectivity index (χ0n) is 21.9. The lowest BCUT2D eigenvalue weighted by molar-refractivity contribution is -0.137. The van der Waals surface area contributed by atoms with Crippen molar-refractivity contribution in [1.82, 2.24) is 24.8 Å². The summed E-state index contributed by atoms with van der Waals surface area (Å²) in [6, 6.07) is 2.01. The second kappa shape index (κ2) is 12.6. The first-order valence-electron chi connectivity index (χ1n) is 13.0. The van der Waals surface area contributed by atoms with Crippen LogP contribution in [0.4, 0.5) is 36.4 Å². The number of hydrogen-bond donors (Lipinski definition) is 2. The number of alkyl halides is 3. The molecule has 13 heteroatoms. The number of anilines is 4. The minimum Gasteiger partial charge on any atom is -0.372 e. The Bertz CT molecular complexity index is 1090. The van der Waals surface area contributed by atoms with Crippen molar-refractivity contribution in [1.29, 1.82) is 0 Å². The normalized spacial score (nSPS) is 17.4. The minimum absolute atomic E-state index is 0.0392. The molecule has 2 saturated heterocycles. The Hall–Kier alpha value is -3.19. The summed E-state index contributed by atoms with van der Waals surface area (Å²) < 4.78 is 46.1. The largest absolute Gasteiger partial charge is 0.421 e. The van der Waals surface area contributed by atoms with E-state index >= 15 is 0 Å². The SMILES string of the molecule is CCc1cc(N2CCN(C)CC2)ncc1Nc1ncc(C(F)(F)F)c(NCCCN2CCCOCC2=O)n1. The van der Waals surface area contributed by atoms with Gasteiger partial charge in [0.05, 0.1) is 11.9 Å². The smallest absolute Gasteiger partial charge is 0.372 e. The van der Waals surface area contributed by atoms with Gasteiger partial charge in [0.1, 0.15) is 23.8 Å². The zero-order chi connectivity index (χ0) is 27.1. The topological polar surface area (TPSA) is 98.8 Å². The third-order valence-electron chi connectivity index (χ3n) is 6.72. The number of hydrogen-bond acceptors (Lipinski definition) is 9. The van der Waals surface area contributed by atoms with Crippen molar-refractivity contribution in [3.63, 3.8) is 0 Å². The van der Waals surface area contributed by atoms with Gasteiger partial charge in [0.2, 0.25) is 11.9 Å². The van der Waals surface area contributed by atoms with Crippen molar-refractivity contribution >= 4 is 29.2 Å². The standard InChI is InChI=1S/C25H35F3N8O2/c1-3-18-14-21(35-11-9-34(2)10-12-35)30-16-20(18)32-24-31-15-19(25(26,27)28)23(33-24)29-6-4-7-36-8-5-13-38-17-22(36)37/h14-16H,3-13,17H2,1-2H3,(H2,29,31,32,33). The summed E-state index contributed by atoms with van der Waals surface area (Å²) in [6.45, 7) is 7.49. The molecular weight excluding hydrogens is 501 g/mol. The summed E-state index contributed by atoms with van der Waals surface area (Å²) in [5.41, 5.74) is 0.678. The van der Waals surface area contributed by atoms with E-state index < -0.39 is 11.7 Å². The number of aromatic nitrogens is 3. The van der Waals surface area contributed by atoms with Gasteiger partial charge >= 0.3 is 6.18 Å². The van der Waals surface area contributed by atoms with Crippen LogP contribution >= 0.6 is 0 Å². The van der Waals surface area contributed by atoms with E-state index in [1.807, 2.05) is 13.0 Å². The first kappa shape index (κ1) is 27.8. The highest BCUT2D eigenvalue weighted by atomic mass is 19.4. The molecule has 2 aliphatic rings. The van der Waals surface area contributed by atoms with Crippen molar-refractivity contribution in [3.05, 3.63) is 29.6 Å². The van der Waals surface area contributed by atoms with Gasteiger partial charge in [-0.05, 0) is 37.9 Å². The van der Waals surface area contributed by atoms with Gasteiger partial charge < -0.3 is 30.1 Å². The molecule has 0 aromatic carbocycles. The molecule has 2 aromatic rings. The molecular formula is C25H35F3N8O2. The number of ether oxygens (including phenoxy) is 1. The van der Waals surface area contributed by atoms with Gasteiger partial charge in [0.15, 0.2) is 0 Å². The number of rotatable bonds is 9. The number of pyridine rings is 1. The fourth-order valence-electron chi connectivity index (χ4n) is 4.45. The minimum atomic E-state index is -4.61. The molecule has 2 fully saturated rings. The first-order chi connectivity index (χ1) is 18.2. The molecule has 0 radical (unpaired) electrons. The molecule has 2 aliphatic heterocycles. The highest BCUT2D eigenvalue weighted by molar-refractivity contribution is 5.77. The molecule has 0 aliphatic carbocycles. The highest BCUT2D eigenvalue weighted by Crippen LogP contribution is 2.34. The molecule has 0 spiro atoms. The Labute approximate surface area is 220 Å². The third kappa shape index (κ3) is 7.22. The van der Waals surface area contributed by atoms with Crippen LogP contribution in [0.2, 0.25) is 0 Å². The van der Waals surface area contributed by atoms with Crippen LogP contribution in [0.1, 0.15) is 30.9 Å². The van der Waals surface area contributed by atoms with Crippen molar-refractivity contribution in [3.8, 4) is 0 Å². The Balaban J connectivity index is 1.44. The summed E-state index contributed by atoms with van der Waals surface area (Å²) in [4.78, 5) is 30.9. The molecule has 0 unspecified atom stereocenters. The van der Waals surface area contributed by atoms with Crippen LogP contribution < -0.4 is 15.5 Å². The second-order valence-corrected chi connectivity index (χ2v) is 9.49. The predicted octanol–water partition coefficient (Wildman–Crippen LogP) is 3.00. The van der Waals surface area contributed by atoms with E-state index in [2.05, 4.69) is 42.4 Å². The Morgan fingerprint density at radius 2 is 1.89 bits per heavy atom. The molecule has 4 heterocycles. The number of likely N-dealkylation sites (N-methyl/N-ethyl adjacent to an activating group) is 1. The van der Waals surface area contributed by atoms with Crippen LogP contribution in [-0.4, -0.2) is 96.7 Å². The van der Waals surface area contributed by atoms with Crippen LogP contribution in [0.25, 0.3) is 0 Å². The second-order valence-electron chi connectivity index (χ2n) is 9.49. The first-order valence-corrected chi connectivity index (χ1v) is 13.0. The molecule has 4 rings (SSSR count). The quantitative estimate of drug-likeness (QED) is 0.469. The van der Waals surface area contributed by atoms with Crippen molar-refractivity contribution in [2.75, 3.05) is 81.6 Å². The van der Waals surface area contributed by atoms with Crippen molar-refractivity contribution in [2.24, 2.45) is 0 Å². The molecule has 10 nitrogen and oxygen atoms in total. The number of amides is 1. The van der Waals surface area contributed by atoms with Gasteiger partial charge in [-0.1, -0.05) is 6.92 Å². The molecule has 1 amide bonds. The lowest BCUT2D eigenvalue weighted by atomic mass is 10.1. The molecule has 38 heavy (non-hydrogen) atoms. The summed E-state index contributed by atoms with van der Waals surface area (Å²) in [5, 5.41) is 5.84. The van der Waals surface area contributed by atoms with Gasteiger partial charge in [-0.25, -0.2) is 9.97 Å². The Morgan fingerprint density at radius 3 is 2.63 bits per heavy atom. The van der Waals surface area contributed by atoms with Crippen LogP contribution in [0.5, 0.6) is 0 Å². The van der Waals surface area contributed by atoms with Crippen LogP contribution in [-0.2, 0) is 22.1 Å². The molecule has 2 N–H and O–H groups in total. The maximum atomic E-state index is 13.6. The number of nitrogens with zero attached hydrogens (tertiary/aromatic N) is 6. The third-order valence-corrected chi connectivity index (χ3v) is 6.72. The maximum absolute atomic E-state index is 13.6. The van der Waals surface area contributed by atoms with Gasteiger partial charge in [0, 0.05) is 58.6 Å². The average Bonchev–Trinajstić information content (AvgIpc) is 3.10. The predicted molar refractivity (Wildman–Crippen MR) is 139 cm³/mol. The van der Waals surface area contributed by atoms with Crippen LogP contribution in [0.3, 0.4) is 0 Å². The van der Waals surface area contributed by atoms with Gasteiger partial charge in [-0.2, -0.15) is 18.2 Å². The highest BCUT2D eigenvalue weighted by Gasteiger charge is 2.35. The number of piperazine rings is 1. The maximum Gasteiger partial charge on any atom is 0.421 e. The number of nitrogens with one attached hydrogen (secondary N) is 2. The number of aryl methyl sites for hydroxylation is 1. The molecule has 2 aromatic heterocycles. The number of carbonyl (C=O) groups excluding carboxylic acids is 1. The van der Waals surface area contributed by atoms with Crippen molar-refractivity contribution < 1.29 is 22.7 Å². The van der Waals surface area contributed by atoms with E-state index in [0.29, 0.717) is 38.2 Å². The summed E-state index contributed by atoms with van der Waals surface area (Å²) >= 11 is 0. The van der Waals surface area contributed by atoms with Crippen LogP contribution in [0.15, 0.2) is 18.5 Å². The molecule has 0 bridgehead atoms. The summed E-state index contributed by atoms with van der Waals surface area (Å²) in [7, 11) is 2.09. The van der Waals surface area contributed by atoms with E-state index in [0.717, 1.165) is 50.2 Å². The molecule has 0 atom stereocenters. The van der Waals surface area contributed by atoms with Crippen LogP contribution in [0, 0.1) is 0 Å². The average molecular weight is 537 g/mol. The van der Waals surface area contributed by atoms with Gasteiger partial charge in [0.25, 0.3) is 0 Å². The summed E-state index contributed by atoms with van der Waals surface area (Å²) in [5.74, 6) is 0.515. The fourth-order valence-corrected chi connectivity index (χ4v) is 4.45. The lowest BCUT2D eigenvalue weighted by Gasteiger charge is -2.33. The Kier molecular flexibility index (Phi) is 9.21.